The molecule has 7 nitrogen and oxygen atoms in total. The lowest BCUT2D eigenvalue weighted by Gasteiger charge is -2.24. The Hall–Kier alpha value is -0.613. The van der Waals surface area contributed by atoms with E-state index in [4.69, 9.17) is 23.5 Å². The Balaban J connectivity index is 4.28. The van der Waals surface area contributed by atoms with Crippen LogP contribution >= 0.6 is 11.8 Å². The minimum atomic E-state index is -2.72. The zero-order valence-corrected chi connectivity index (χ0v) is 12.4. The van der Waals surface area contributed by atoms with Gasteiger partial charge in [0.25, 0.3) is 0 Å². The third-order valence-electron chi connectivity index (χ3n) is 2.30. The molecule has 0 aliphatic heterocycles. The molecule has 0 radical (unpaired) electrons. The highest BCUT2D eigenvalue weighted by molar-refractivity contribution is 8.00. The highest BCUT2D eigenvalue weighted by Gasteiger charge is 2.37. The maximum Gasteiger partial charge on any atom is 0.500 e. The second-order valence-electron chi connectivity index (χ2n) is 3.34. The van der Waals surface area contributed by atoms with E-state index in [1.807, 2.05) is 0 Å². The maximum absolute atomic E-state index is 10.8. The van der Waals surface area contributed by atoms with Gasteiger partial charge in [-0.25, -0.2) is 0 Å². The van der Waals surface area contributed by atoms with E-state index in [0.29, 0.717) is 11.8 Å². The number of thioether (sulfide) groups is 1. The summed E-state index contributed by atoms with van der Waals surface area (Å²) in [6.45, 7) is 0. The van der Waals surface area contributed by atoms with Crippen molar-refractivity contribution in [2.75, 3.05) is 27.1 Å². The number of carboxylic acid groups (broad SMARTS) is 2. The normalized spacial score (nSPS) is 13.3. The monoisotopic (exact) mass is 298 g/mol. The Morgan fingerprint density at radius 1 is 1.17 bits per heavy atom. The Morgan fingerprint density at radius 3 is 2.00 bits per heavy atom. The van der Waals surface area contributed by atoms with Crippen LogP contribution in [0.1, 0.15) is 6.42 Å². The maximum atomic E-state index is 10.8. The lowest BCUT2D eigenvalue weighted by Crippen LogP contribution is -2.43. The lowest BCUT2D eigenvalue weighted by atomic mass is 10.3. The predicted molar refractivity (Wildman–Crippen MR) is 67.7 cm³/mol. The number of hydrogen-bond donors (Lipinski definition) is 2. The van der Waals surface area contributed by atoms with Gasteiger partial charge in [0.05, 0.1) is 6.42 Å². The van der Waals surface area contributed by atoms with Crippen molar-refractivity contribution in [3.05, 3.63) is 0 Å². The van der Waals surface area contributed by atoms with Gasteiger partial charge in [-0.15, -0.1) is 11.8 Å². The van der Waals surface area contributed by atoms with Crippen LogP contribution in [0.3, 0.4) is 0 Å². The molecule has 0 fully saturated rings. The summed E-state index contributed by atoms with van der Waals surface area (Å²) in [5.41, 5.74) is 0. The molecule has 0 aromatic heterocycles. The molecule has 0 saturated carbocycles. The molecule has 106 valence electrons. The zero-order chi connectivity index (χ0) is 14.2. The Kier molecular flexibility index (Phi) is 8.19. The van der Waals surface area contributed by atoms with Crippen LogP contribution in [0.15, 0.2) is 0 Å². The van der Waals surface area contributed by atoms with Gasteiger partial charge in [0.15, 0.2) is 0 Å². The summed E-state index contributed by atoms with van der Waals surface area (Å²) in [5, 5.41) is 16.5. The second kappa shape index (κ2) is 8.48. The van der Waals surface area contributed by atoms with Crippen LogP contribution in [0.5, 0.6) is 0 Å². The van der Waals surface area contributed by atoms with E-state index < -0.39 is 32.4 Å². The van der Waals surface area contributed by atoms with Crippen molar-refractivity contribution in [3.8, 4) is 0 Å². The molecule has 18 heavy (non-hydrogen) atoms. The van der Waals surface area contributed by atoms with Gasteiger partial charge in [0.1, 0.15) is 5.25 Å². The second-order valence-corrected chi connectivity index (χ2v) is 7.74. The third kappa shape index (κ3) is 5.82. The summed E-state index contributed by atoms with van der Waals surface area (Å²) < 4.78 is 15.5. The topological polar surface area (TPSA) is 102 Å². The average Bonchev–Trinajstić information content (AvgIpc) is 2.33. The van der Waals surface area contributed by atoms with Gasteiger partial charge in [-0.2, -0.15) is 0 Å². The summed E-state index contributed by atoms with van der Waals surface area (Å²) in [6.07, 6.45) is -0.415. The van der Waals surface area contributed by atoms with Gasteiger partial charge in [0.2, 0.25) is 0 Å². The first-order chi connectivity index (χ1) is 8.40. The first kappa shape index (κ1) is 17.4. The predicted octanol–water partition coefficient (Wildman–Crippen LogP) is 0.526. The first-order valence-corrected chi connectivity index (χ1v) is 8.10. The van der Waals surface area contributed by atoms with E-state index in [-0.39, 0.29) is 0 Å². The number of carboxylic acids is 2. The van der Waals surface area contributed by atoms with E-state index in [1.165, 1.54) is 21.3 Å². The van der Waals surface area contributed by atoms with Gasteiger partial charge in [-0.1, -0.05) is 0 Å². The molecule has 1 atom stereocenters. The molecule has 0 heterocycles. The standard InChI is InChI=1S/C9H18O7SSi/c1-14-18(15-2,16-3)5-4-17-7(9(12)13)6-8(10)11/h7H,4-6H2,1-3H3,(H,10,11)(H,12,13). The van der Waals surface area contributed by atoms with Crippen molar-refractivity contribution in [1.82, 2.24) is 0 Å². The fourth-order valence-corrected chi connectivity index (χ4v) is 4.53. The number of hydrogen-bond acceptors (Lipinski definition) is 6. The Morgan fingerprint density at radius 2 is 1.67 bits per heavy atom. The fourth-order valence-electron chi connectivity index (χ4n) is 1.26. The van der Waals surface area contributed by atoms with E-state index in [0.717, 1.165) is 11.8 Å². The molecule has 0 aliphatic carbocycles. The van der Waals surface area contributed by atoms with Crippen LogP contribution in [-0.2, 0) is 22.9 Å². The van der Waals surface area contributed by atoms with Gasteiger partial charge < -0.3 is 23.5 Å². The van der Waals surface area contributed by atoms with Gasteiger partial charge in [0, 0.05) is 27.4 Å². The highest BCUT2D eigenvalue weighted by atomic mass is 32.2. The van der Waals surface area contributed by atoms with Crippen molar-refractivity contribution < 1.29 is 33.1 Å². The van der Waals surface area contributed by atoms with Crippen LogP contribution in [0, 0.1) is 0 Å². The van der Waals surface area contributed by atoms with E-state index in [9.17, 15) is 9.59 Å². The van der Waals surface area contributed by atoms with Crippen molar-refractivity contribution >= 4 is 32.5 Å². The molecule has 2 N–H and O–H groups in total. The Bertz CT molecular complexity index is 274. The molecule has 0 aromatic rings. The number of aliphatic carboxylic acids is 2. The molecule has 0 aliphatic rings. The van der Waals surface area contributed by atoms with E-state index in [2.05, 4.69) is 0 Å². The van der Waals surface area contributed by atoms with Gasteiger partial charge in [-0.05, 0) is 5.75 Å². The lowest BCUT2D eigenvalue weighted by molar-refractivity contribution is -0.142. The minimum absolute atomic E-state index is 0.395. The molecule has 0 amide bonds. The number of carbonyl (C=O) groups is 2. The van der Waals surface area contributed by atoms with Crippen molar-refractivity contribution in [1.29, 1.82) is 0 Å². The quantitative estimate of drug-likeness (QED) is 0.563. The van der Waals surface area contributed by atoms with Crippen molar-refractivity contribution in [2.45, 2.75) is 17.7 Å². The van der Waals surface area contributed by atoms with Crippen LogP contribution < -0.4 is 0 Å². The molecule has 0 saturated heterocycles. The Labute approximate surface area is 111 Å². The molecule has 1 unspecified atom stereocenters. The van der Waals surface area contributed by atoms with Gasteiger partial charge in [-0.3, -0.25) is 9.59 Å². The van der Waals surface area contributed by atoms with Crippen molar-refractivity contribution in [3.63, 3.8) is 0 Å². The molecule has 0 spiro atoms. The van der Waals surface area contributed by atoms with E-state index >= 15 is 0 Å². The zero-order valence-electron chi connectivity index (χ0n) is 10.5. The first-order valence-electron chi connectivity index (χ1n) is 5.12. The summed E-state index contributed by atoms with van der Waals surface area (Å²) in [5.74, 6) is -1.88. The SMILES string of the molecule is CO[Si](CCSC(CC(=O)O)C(=O)O)(OC)OC. The van der Waals surface area contributed by atoms with E-state index in [1.54, 1.807) is 0 Å². The largest absolute Gasteiger partial charge is 0.500 e. The summed E-state index contributed by atoms with van der Waals surface area (Å²) >= 11 is 1.05. The number of rotatable bonds is 10. The minimum Gasteiger partial charge on any atom is -0.481 e. The van der Waals surface area contributed by atoms with Crippen LogP contribution in [-0.4, -0.2) is 63.3 Å². The third-order valence-corrected chi connectivity index (χ3v) is 6.60. The highest BCUT2D eigenvalue weighted by Crippen LogP contribution is 2.21. The smallest absolute Gasteiger partial charge is 0.481 e. The molecule has 0 bridgehead atoms. The fraction of sp³-hybridized carbons (Fsp3) is 0.778. The summed E-state index contributed by atoms with van der Waals surface area (Å²) in [6, 6.07) is 0.421. The molecule has 9 heteroatoms. The molecule has 0 aromatic carbocycles. The molecule has 0 rings (SSSR count). The molecular weight excluding hydrogens is 280 g/mol. The van der Waals surface area contributed by atoms with Crippen molar-refractivity contribution in [2.24, 2.45) is 0 Å². The molecular formula is C9H18O7SSi. The summed E-state index contributed by atoms with van der Waals surface area (Å²) in [7, 11) is 1.68. The van der Waals surface area contributed by atoms with Gasteiger partial charge >= 0.3 is 20.7 Å². The van der Waals surface area contributed by atoms with Crippen LogP contribution in [0.25, 0.3) is 0 Å². The van der Waals surface area contributed by atoms with Crippen LogP contribution in [0.4, 0.5) is 0 Å². The summed E-state index contributed by atoms with van der Waals surface area (Å²) in [4.78, 5) is 21.3. The average molecular weight is 298 g/mol. The van der Waals surface area contributed by atoms with Crippen LogP contribution in [0.2, 0.25) is 6.04 Å².